The zero-order valence-corrected chi connectivity index (χ0v) is 9.86. The van der Waals surface area contributed by atoms with E-state index in [-0.39, 0.29) is 12.5 Å². The fourth-order valence-electron chi connectivity index (χ4n) is 0.979. The van der Waals surface area contributed by atoms with Crippen LogP contribution in [0.2, 0.25) is 0 Å². The van der Waals surface area contributed by atoms with Crippen LogP contribution >= 0.6 is 0 Å². The van der Waals surface area contributed by atoms with Crippen molar-refractivity contribution in [2.24, 2.45) is 15.9 Å². The van der Waals surface area contributed by atoms with Crippen LogP contribution in [0.4, 0.5) is 0 Å². The molecule has 0 aliphatic rings. The van der Waals surface area contributed by atoms with Crippen molar-refractivity contribution in [3.63, 3.8) is 0 Å². The van der Waals surface area contributed by atoms with Gasteiger partial charge in [-0.05, 0) is 13.8 Å². The molecule has 0 unspecified atom stereocenters. The summed E-state index contributed by atoms with van der Waals surface area (Å²) in [5.74, 6) is 5.90. The van der Waals surface area contributed by atoms with Crippen LogP contribution in [0.1, 0.15) is 13.8 Å². The number of carbonyl (C=O) groups excluding carboxylic acids is 1. The van der Waals surface area contributed by atoms with Gasteiger partial charge in [0, 0.05) is 19.8 Å². The number of rotatable bonds is 7. The first-order chi connectivity index (χ1) is 7.65. The molecule has 0 aliphatic heterocycles. The van der Waals surface area contributed by atoms with Gasteiger partial charge in [0.05, 0.1) is 13.1 Å². The first-order valence-corrected chi connectivity index (χ1v) is 5.16. The Hall–Kier alpha value is -1.47. The summed E-state index contributed by atoms with van der Waals surface area (Å²) in [6, 6.07) is 0. The van der Waals surface area contributed by atoms with Crippen LogP contribution in [0.25, 0.3) is 0 Å². The van der Waals surface area contributed by atoms with Gasteiger partial charge < -0.3 is 5.32 Å². The molecule has 92 valence electrons. The maximum Gasteiger partial charge on any atom is 0.250 e. The molecular weight excluding hydrogens is 208 g/mol. The number of hydrazine groups is 1. The number of likely N-dealkylation sites (N-methyl/N-ethyl adjacent to an activating group) is 1. The van der Waals surface area contributed by atoms with Gasteiger partial charge in [-0.25, -0.2) is 5.84 Å². The number of nitrogens with two attached hydrogens (primary N) is 1. The van der Waals surface area contributed by atoms with E-state index < -0.39 is 0 Å². The summed E-state index contributed by atoms with van der Waals surface area (Å²) in [6.45, 7) is 8.76. The van der Waals surface area contributed by atoms with Crippen molar-refractivity contribution in [2.75, 3.05) is 26.2 Å². The van der Waals surface area contributed by atoms with E-state index in [2.05, 4.69) is 27.6 Å². The molecule has 1 amide bonds. The second-order valence-corrected chi connectivity index (χ2v) is 2.97. The molecular formula is C9H20N6O. The highest BCUT2D eigenvalue weighted by Gasteiger charge is 2.06. The van der Waals surface area contributed by atoms with Gasteiger partial charge in [0.2, 0.25) is 5.91 Å². The SMILES string of the molecule is C=NNC(CNCC(=O)N(N)CC)=NCC. The van der Waals surface area contributed by atoms with E-state index in [9.17, 15) is 4.79 Å². The second kappa shape index (κ2) is 8.81. The highest BCUT2D eigenvalue weighted by molar-refractivity contribution is 5.85. The Balaban J connectivity index is 3.90. The van der Waals surface area contributed by atoms with Crippen molar-refractivity contribution < 1.29 is 4.79 Å². The lowest BCUT2D eigenvalue weighted by Crippen LogP contribution is -2.44. The number of hydrogen-bond acceptors (Lipinski definition) is 5. The Morgan fingerprint density at radius 2 is 2.12 bits per heavy atom. The molecule has 0 bridgehead atoms. The molecule has 0 aromatic rings. The summed E-state index contributed by atoms with van der Waals surface area (Å²) in [5, 5.41) is 7.59. The van der Waals surface area contributed by atoms with Crippen molar-refractivity contribution in [2.45, 2.75) is 13.8 Å². The third-order valence-corrected chi connectivity index (χ3v) is 1.79. The molecule has 0 spiro atoms. The van der Waals surface area contributed by atoms with Crippen molar-refractivity contribution in [1.82, 2.24) is 15.8 Å². The topological polar surface area (TPSA) is 95.1 Å². The highest BCUT2D eigenvalue weighted by Crippen LogP contribution is 1.79. The third-order valence-electron chi connectivity index (χ3n) is 1.79. The first kappa shape index (κ1) is 14.5. The molecule has 7 heteroatoms. The number of hydrogen-bond donors (Lipinski definition) is 3. The van der Waals surface area contributed by atoms with Gasteiger partial charge in [0.25, 0.3) is 0 Å². The van der Waals surface area contributed by atoms with Crippen molar-refractivity contribution >= 4 is 18.5 Å². The Bertz CT molecular complexity index is 252. The summed E-state index contributed by atoms with van der Waals surface area (Å²) in [6.07, 6.45) is 0. The monoisotopic (exact) mass is 228 g/mol. The van der Waals surface area contributed by atoms with E-state index in [1.807, 2.05) is 13.8 Å². The predicted molar refractivity (Wildman–Crippen MR) is 65.1 cm³/mol. The quantitative estimate of drug-likeness (QED) is 0.170. The Labute approximate surface area is 95.8 Å². The number of nitrogens with one attached hydrogen (secondary N) is 2. The van der Waals surface area contributed by atoms with Gasteiger partial charge in [-0.2, -0.15) is 5.10 Å². The van der Waals surface area contributed by atoms with Crippen molar-refractivity contribution in [1.29, 1.82) is 0 Å². The van der Waals surface area contributed by atoms with Crippen LogP contribution in [-0.2, 0) is 4.79 Å². The van der Waals surface area contributed by atoms with Gasteiger partial charge in [0.1, 0.15) is 5.84 Å². The highest BCUT2D eigenvalue weighted by atomic mass is 16.2. The average Bonchev–Trinajstić information content (AvgIpc) is 2.28. The summed E-state index contributed by atoms with van der Waals surface area (Å²) in [7, 11) is 0. The summed E-state index contributed by atoms with van der Waals surface area (Å²) < 4.78 is 0. The average molecular weight is 228 g/mol. The van der Waals surface area contributed by atoms with Gasteiger partial charge in [0.15, 0.2) is 0 Å². The Morgan fingerprint density at radius 3 is 2.62 bits per heavy atom. The number of amidine groups is 1. The molecule has 0 saturated heterocycles. The fourth-order valence-corrected chi connectivity index (χ4v) is 0.979. The molecule has 0 saturated carbocycles. The van der Waals surface area contributed by atoms with Crippen LogP contribution in [0, 0.1) is 0 Å². The van der Waals surface area contributed by atoms with Crippen LogP contribution < -0.4 is 16.6 Å². The molecule has 4 N–H and O–H groups in total. The molecule has 0 heterocycles. The normalized spacial score (nSPS) is 11.1. The number of aliphatic imine (C=N–C) groups is 1. The lowest BCUT2D eigenvalue weighted by Gasteiger charge is -2.14. The summed E-state index contributed by atoms with van der Waals surface area (Å²) >= 11 is 0. The van der Waals surface area contributed by atoms with Crippen molar-refractivity contribution in [3.05, 3.63) is 0 Å². The molecule has 16 heavy (non-hydrogen) atoms. The second-order valence-electron chi connectivity index (χ2n) is 2.97. The Morgan fingerprint density at radius 1 is 1.44 bits per heavy atom. The van der Waals surface area contributed by atoms with Crippen LogP contribution in [0.15, 0.2) is 10.1 Å². The number of amides is 1. The first-order valence-electron chi connectivity index (χ1n) is 5.16. The Kier molecular flexibility index (Phi) is 8.00. The smallest absolute Gasteiger partial charge is 0.250 e. The van der Waals surface area contributed by atoms with Crippen LogP contribution in [0.5, 0.6) is 0 Å². The lowest BCUT2D eigenvalue weighted by atomic mass is 10.5. The molecule has 0 aromatic heterocycles. The third kappa shape index (κ3) is 6.10. The number of nitrogens with zero attached hydrogens (tertiary/aromatic N) is 3. The molecule has 0 aromatic carbocycles. The van der Waals surface area contributed by atoms with Gasteiger partial charge in [-0.1, -0.05) is 0 Å². The minimum Gasteiger partial charge on any atom is -0.301 e. The molecule has 0 fully saturated rings. The van der Waals surface area contributed by atoms with E-state index in [1.54, 1.807) is 0 Å². The van der Waals surface area contributed by atoms with E-state index >= 15 is 0 Å². The molecule has 0 aliphatic carbocycles. The fraction of sp³-hybridized carbons (Fsp3) is 0.667. The largest absolute Gasteiger partial charge is 0.301 e. The molecule has 7 nitrogen and oxygen atoms in total. The van der Waals surface area contributed by atoms with Gasteiger partial charge >= 0.3 is 0 Å². The molecule has 0 rings (SSSR count). The van der Waals surface area contributed by atoms with Gasteiger partial charge in [-0.15, -0.1) is 0 Å². The van der Waals surface area contributed by atoms with E-state index in [4.69, 9.17) is 5.84 Å². The van der Waals surface area contributed by atoms with E-state index in [0.29, 0.717) is 25.5 Å². The zero-order chi connectivity index (χ0) is 12.4. The minimum absolute atomic E-state index is 0.162. The lowest BCUT2D eigenvalue weighted by molar-refractivity contribution is -0.130. The molecule has 0 radical (unpaired) electrons. The van der Waals surface area contributed by atoms with E-state index in [0.717, 1.165) is 5.01 Å². The van der Waals surface area contributed by atoms with Crippen LogP contribution in [-0.4, -0.2) is 49.6 Å². The van der Waals surface area contributed by atoms with Gasteiger partial charge in [-0.3, -0.25) is 20.2 Å². The number of hydrazone groups is 1. The predicted octanol–water partition coefficient (Wildman–Crippen LogP) is -1.08. The van der Waals surface area contributed by atoms with Crippen LogP contribution in [0.3, 0.4) is 0 Å². The summed E-state index contributed by atoms with van der Waals surface area (Å²) in [5.41, 5.74) is 2.65. The maximum atomic E-state index is 11.3. The number of carbonyl (C=O) groups is 1. The summed E-state index contributed by atoms with van der Waals surface area (Å²) in [4.78, 5) is 15.4. The zero-order valence-electron chi connectivity index (χ0n) is 9.86. The molecule has 0 atom stereocenters. The minimum atomic E-state index is -0.162. The standard InChI is InChI=1S/C9H20N6O/c1-4-13-8(14-11-3)6-12-7-9(16)15(10)5-2/h12H,3-7,10H2,1-2H3,(H,13,14). The van der Waals surface area contributed by atoms with E-state index in [1.165, 1.54) is 0 Å². The maximum absolute atomic E-state index is 11.3. The van der Waals surface area contributed by atoms with Crippen molar-refractivity contribution in [3.8, 4) is 0 Å².